The first-order chi connectivity index (χ1) is 12.7. The summed E-state index contributed by atoms with van der Waals surface area (Å²) < 4.78 is 16.1. The fourth-order valence-electron chi connectivity index (χ4n) is 2.44. The molecule has 0 bridgehead atoms. The summed E-state index contributed by atoms with van der Waals surface area (Å²) >= 11 is 0. The number of carbonyl (C=O) groups excluding carboxylic acids is 1. The van der Waals surface area contributed by atoms with Crippen LogP contribution in [0.1, 0.15) is 10.5 Å². The van der Waals surface area contributed by atoms with Crippen LogP contribution >= 0.6 is 0 Å². The molecule has 0 spiro atoms. The summed E-state index contributed by atoms with van der Waals surface area (Å²) in [7, 11) is 0. The lowest BCUT2D eigenvalue weighted by Gasteiger charge is -2.08. The Morgan fingerprint density at radius 1 is 0.962 bits per heavy atom. The number of halogens is 1. The lowest BCUT2D eigenvalue weighted by atomic mass is 10.3. The van der Waals surface area contributed by atoms with Gasteiger partial charge in [-0.2, -0.15) is 10.2 Å². The molecule has 1 aromatic carbocycles. The Balaban J connectivity index is 1.58. The first-order valence-electron chi connectivity index (χ1n) is 7.79. The van der Waals surface area contributed by atoms with E-state index in [1.165, 1.54) is 16.8 Å². The van der Waals surface area contributed by atoms with Crippen LogP contribution < -0.4 is 5.32 Å². The zero-order valence-electron chi connectivity index (χ0n) is 13.5. The maximum atomic E-state index is 13.0. The van der Waals surface area contributed by atoms with Crippen molar-refractivity contribution < 1.29 is 9.18 Å². The van der Waals surface area contributed by atoms with Crippen LogP contribution in [-0.4, -0.2) is 30.5 Å². The standard InChI is InChI=1S/C18H13FN6O/c19-13-4-6-14(7-5-13)24-12-8-16(23-24)18(26)22-15-3-1-9-20-17(15)25-11-2-10-21-25/h1-12H,(H,22,26). The number of hydrogen-bond donors (Lipinski definition) is 1. The van der Waals surface area contributed by atoms with Gasteiger partial charge in [-0.05, 0) is 48.5 Å². The number of aromatic nitrogens is 5. The van der Waals surface area contributed by atoms with Crippen molar-refractivity contribution in [3.05, 3.63) is 84.8 Å². The highest BCUT2D eigenvalue weighted by Crippen LogP contribution is 2.17. The van der Waals surface area contributed by atoms with E-state index in [0.29, 0.717) is 17.2 Å². The highest BCUT2D eigenvalue weighted by molar-refractivity contribution is 6.03. The van der Waals surface area contributed by atoms with Gasteiger partial charge in [-0.3, -0.25) is 4.79 Å². The molecule has 8 heteroatoms. The first-order valence-corrected chi connectivity index (χ1v) is 7.79. The minimum atomic E-state index is -0.382. The van der Waals surface area contributed by atoms with Crippen LogP contribution in [0.15, 0.2) is 73.3 Å². The molecule has 0 aliphatic heterocycles. The molecular weight excluding hydrogens is 335 g/mol. The molecule has 0 aliphatic carbocycles. The predicted molar refractivity (Wildman–Crippen MR) is 92.8 cm³/mol. The monoisotopic (exact) mass is 348 g/mol. The second kappa shape index (κ2) is 6.60. The molecule has 4 aromatic rings. The van der Waals surface area contributed by atoms with Gasteiger partial charge in [0.25, 0.3) is 5.91 Å². The fraction of sp³-hybridized carbons (Fsp3) is 0. The number of pyridine rings is 1. The van der Waals surface area contributed by atoms with Gasteiger partial charge in [0.15, 0.2) is 11.5 Å². The molecule has 0 atom stereocenters. The molecule has 0 unspecified atom stereocenters. The lowest BCUT2D eigenvalue weighted by molar-refractivity contribution is 0.102. The smallest absolute Gasteiger partial charge is 0.276 e. The topological polar surface area (TPSA) is 77.6 Å². The second-order valence-electron chi connectivity index (χ2n) is 5.40. The quantitative estimate of drug-likeness (QED) is 0.615. The summed E-state index contributed by atoms with van der Waals surface area (Å²) in [6.45, 7) is 0. The molecule has 3 aromatic heterocycles. The molecule has 0 fully saturated rings. The Bertz CT molecular complexity index is 1040. The van der Waals surface area contributed by atoms with Gasteiger partial charge in [0.2, 0.25) is 0 Å². The molecule has 26 heavy (non-hydrogen) atoms. The maximum absolute atomic E-state index is 13.0. The van der Waals surface area contributed by atoms with Crippen molar-refractivity contribution in [2.75, 3.05) is 5.32 Å². The minimum Gasteiger partial charge on any atom is -0.317 e. The predicted octanol–water partition coefficient (Wildman–Crippen LogP) is 2.84. The number of carbonyl (C=O) groups is 1. The fourth-order valence-corrected chi connectivity index (χ4v) is 2.44. The van der Waals surface area contributed by atoms with E-state index in [-0.39, 0.29) is 17.4 Å². The third kappa shape index (κ3) is 3.07. The summed E-state index contributed by atoms with van der Waals surface area (Å²) in [5.74, 6) is -0.210. The van der Waals surface area contributed by atoms with Gasteiger partial charge in [0, 0.05) is 24.8 Å². The van der Waals surface area contributed by atoms with E-state index < -0.39 is 0 Å². The van der Waals surface area contributed by atoms with Crippen LogP contribution in [0.4, 0.5) is 10.1 Å². The van der Waals surface area contributed by atoms with Crippen molar-refractivity contribution in [3.63, 3.8) is 0 Å². The van der Waals surface area contributed by atoms with Gasteiger partial charge in [-0.15, -0.1) is 0 Å². The Kier molecular flexibility index (Phi) is 3.98. The SMILES string of the molecule is O=C(Nc1cccnc1-n1cccn1)c1ccn(-c2ccc(F)cc2)n1. The number of nitrogens with zero attached hydrogens (tertiary/aromatic N) is 5. The number of hydrogen-bond acceptors (Lipinski definition) is 4. The van der Waals surface area contributed by atoms with E-state index in [2.05, 4.69) is 20.5 Å². The van der Waals surface area contributed by atoms with E-state index in [1.807, 2.05) is 0 Å². The Morgan fingerprint density at radius 3 is 2.58 bits per heavy atom. The van der Waals surface area contributed by atoms with Crippen LogP contribution in [0, 0.1) is 5.82 Å². The second-order valence-corrected chi connectivity index (χ2v) is 5.40. The van der Waals surface area contributed by atoms with Gasteiger partial charge in [-0.25, -0.2) is 18.7 Å². The number of amides is 1. The van der Waals surface area contributed by atoms with Crippen molar-refractivity contribution in [2.45, 2.75) is 0 Å². The molecule has 1 N–H and O–H groups in total. The Morgan fingerprint density at radius 2 is 1.81 bits per heavy atom. The van der Waals surface area contributed by atoms with Gasteiger partial charge in [0.1, 0.15) is 5.82 Å². The van der Waals surface area contributed by atoms with Crippen LogP contribution in [-0.2, 0) is 0 Å². The Labute approximate surface area is 147 Å². The highest BCUT2D eigenvalue weighted by atomic mass is 19.1. The third-order valence-electron chi connectivity index (χ3n) is 3.67. The molecule has 1 amide bonds. The highest BCUT2D eigenvalue weighted by Gasteiger charge is 2.14. The number of benzene rings is 1. The third-order valence-corrected chi connectivity index (χ3v) is 3.67. The van der Waals surface area contributed by atoms with Crippen molar-refractivity contribution in [2.24, 2.45) is 0 Å². The normalized spacial score (nSPS) is 10.7. The molecule has 4 rings (SSSR count). The molecular formula is C18H13FN6O. The summed E-state index contributed by atoms with van der Waals surface area (Å²) in [6.07, 6.45) is 6.63. The largest absolute Gasteiger partial charge is 0.317 e. The van der Waals surface area contributed by atoms with Gasteiger partial charge < -0.3 is 5.32 Å². The van der Waals surface area contributed by atoms with Crippen molar-refractivity contribution in [1.82, 2.24) is 24.5 Å². The lowest BCUT2D eigenvalue weighted by Crippen LogP contribution is -2.15. The molecule has 0 radical (unpaired) electrons. The summed E-state index contributed by atoms with van der Waals surface area (Å²) in [5, 5.41) is 11.2. The van der Waals surface area contributed by atoms with E-state index in [9.17, 15) is 9.18 Å². The number of rotatable bonds is 4. The van der Waals surface area contributed by atoms with Crippen LogP contribution in [0.25, 0.3) is 11.5 Å². The summed E-state index contributed by atoms with van der Waals surface area (Å²) in [4.78, 5) is 16.8. The number of nitrogens with one attached hydrogen (secondary N) is 1. The van der Waals surface area contributed by atoms with Crippen LogP contribution in [0.3, 0.4) is 0 Å². The van der Waals surface area contributed by atoms with Crippen molar-refractivity contribution in [1.29, 1.82) is 0 Å². The van der Waals surface area contributed by atoms with Gasteiger partial charge in [0.05, 0.1) is 11.4 Å². The minimum absolute atomic E-state index is 0.226. The van der Waals surface area contributed by atoms with E-state index in [1.54, 1.807) is 65.9 Å². The van der Waals surface area contributed by atoms with Crippen molar-refractivity contribution >= 4 is 11.6 Å². The van der Waals surface area contributed by atoms with E-state index in [4.69, 9.17) is 0 Å². The van der Waals surface area contributed by atoms with Crippen LogP contribution in [0.2, 0.25) is 0 Å². The van der Waals surface area contributed by atoms with Crippen LogP contribution in [0.5, 0.6) is 0 Å². The zero-order chi connectivity index (χ0) is 17.9. The van der Waals surface area contributed by atoms with Crippen molar-refractivity contribution in [3.8, 4) is 11.5 Å². The first kappa shape index (κ1) is 15.7. The maximum Gasteiger partial charge on any atom is 0.276 e. The summed E-state index contributed by atoms with van der Waals surface area (Å²) in [6, 6.07) is 12.7. The molecule has 0 aliphatic rings. The molecule has 0 saturated carbocycles. The van der Waals surface area contributed by atoms with Gasteiger partial charge in [-0.1, -0.05) is 0 Å². The average molecular weight is 348 g/mol. The molecule has 0 saturated heterocycles. The average Bonchev–Trinajstić information content (AvgIpc) is 3.35. The Hall–Kier alpha value is -3.81. The van der Waals surface area contributed by atoms with E-state index in [0.717, 1.165) is 0 Å². The molecule has 128 valence electrons. The molecule has 7 nitrogen and oxygen atoms in total. The molecule has 3 heterocycles. The van der Waals surface area contributed by atoms with E-state index >= 15 is 0 Å². The zero-order valence-corrected chi connectivity index (χ0v) is 13.5. The summed E-state index contributed by atoms with van der Waals surface area (Å²) in [5.41, 5.74) is 1.39. The number of anilines is 1. The van der Waals surface area contributed by atoms with Gasteiger partial charge >= 0.3 is 0 Å².